The van der Waals surface area contributed by atoms with Gasteiger partial charge in [0.05, 0.1) is 0 Å². The van der Waals surface area contributed by atoms with Crippen LogP contribution in [0.2, 0.25) is 0 Å². The van der Waals surface area contributed by atoms with Crippen LogP contribution in [0.15, 0.2) is 78.9 Å². The summed E-state index contributed by atoms with van der Waals surface area (Å²) >= 11 is 0. The van der Waals surface area contributed by atoms with Gasteiger partial charge in [-0.2, -0.15) is 15.0 Å². The molecule has 4 heterocycles. The standard InChI is InChI=1S/C17H18N6.C8H14/c1-5-13-18-14-8-10(2)9-15-20-17(21-16(19-13)23(14)15)22-11(3)6-7-12(22)4;1-7(2)5-6-8(3)4/h6-9H,5H2,1-4H3;5-6H,1-4H3. The van der Waals surface area contributed by atoms with Crippen molar-refractivity contribution in [2.75, 3.05) is 0 Å². The first-order valence-electron chi connectivity index (χ1n) is 10.7. The molecule has 0 aromatic carbocycles. The van der Waals surface area contributed by atoms with Crippen LogP contribution in [0.1, 0.15) is 59.4 Å². The Morgan fingerprint density at radius 1 is 0.806 bits per heavy atom. The van der Waals surface area contributed by atoms with E-state index in [-0.39, 0.29) is 0 Å². The second kappa shape index (κ2) is 9.25. The number of nitrogens with zero attached hydrogens (tertiary/aromatic N) is 6. The first-order chi connectivity index (χ1) is 14.7. The maximum Gasteiger partial charge on any atom is 0.242 e. The van der Waals surface area contributed by atoms with Gasteiger partial charge in [0.2, 0.25) is 11.9 Å². The van der Waals surface area contributed by atoms with Crippen molar-refractivity contribution in [1.82, 2.24) is 9.47 Å². The Labute approximate surface area is 185 Å². The van der Waals surface area contributed by atoms with E-state index in [0.29, 0.717) is 11.9 Å². The van der Waals surface area contributed by atoms with Crippen LogP contribution in [0, 0.1) is 13.8 Å². The number of amidine groups is 2. The summed E-state index contributed by atoms with van der Waals surface area (Å²) in [7, 11) is 0. The Bertz CT molecular complexity index is 1090. The molecule has 0 saturated carbocycles. The summed E-state index contributed by atoms with van der Waals surface area (Å²) < 4.78 is 2.05. The van der Waals surface area contributed by atoms with E-state index in [4.69, 9.17) is 9.98 Å². The van der Waals surface area contributed by atoms with Crippen molar-refractivity contribution in [2.24, 2.45) is 20.0 Å². The van der Waals surface area contributed by atoms with Crippen LogP contribution >= 0.6 is 0 Å². The molecule has 0 spiro atoms. The van der Waals surface area contributed by atoms with Crippen LogP contribution in [0.4, 0.5) is 0 Å². The molecule has 3 aliphatic rings. The number of aliphatic imine (C=N–C) groups is 4. The van der Waals surface area contributed by atoms with Crippen molar-refractivity contribution in [3.05, 3.63) is 70.4 Å². The van der Waals surface area contributed by atoms with E-state index in [1.54, 1.807) is 0 Å². The third-order valence-corrected chi connectivity index (χ3v) is 4.80. The van der Waals surface area contributed by atoms with E-state index in [0.717, 1.165) is 40.9 Å². The zero-order chi connectivity index (χ0) is 22.7. The summed E-state index contributed by atoms with van der Waals surface area (Å²) in [5.41, 5.74) is 6.04. The minimum Gasteiger partial charge on any atom is -0.287 e. The Hall–Kier alpha value is -3.28. The first kappa shape index (κ1) is 22.4. The van der Waals surface area contributed by atoms with Gasteiger partial charge in [0.1, 0.15) is 17.5 Å². The van der Waals surface area contributed by atoms with Gasteiger partial charge in [0.25, 0.3) is 0 Å². The van der Waals surface area contributed by atoms with E-state index < -0.39 is 0 Å². The summed E-state index contributed by atoms with van der Waals surface area (Å²) in [5, 5.41) is 0. The Kier molecular flexibility index (Phi) is 6.68. The highest BCUT2D eigenvalue weighted by molar-refractivity contribution is 6.21. The molecule has 162 valence electrons. The van der Waals surface area contributed by atoms with E-state index >= 15 is 0 Å². The number of hydrogen-bond donors (Lipinski definition) is 0. The first-order valence-corrected chi connectivity index (χ1v) is 10.7. The average molecular weight is 417 g/mol. The molecule has 0 saturated heterocycles. The topological polar surface area (TPSA) is 57.6 Å². The van der Waals surface area contributed by atoms with Crippen molar-refractivity contribution < 1.29 is 0 Å². The van der Waals surface area contributed by atoms with Crippen LogP contribution in [0.5, 0.6) is 0 Å². The molecular weight excluding hydrogens is 384 g/mol. The molecule has 0 bridgehead atoms. The molecule has 0 N–H and O–H groups in total. The van der Waals surface area contributed by atoms with Gasteiger partial charge in [0, 0.05) is 17.8 Å². The Morgan fingerprint density at radius 2 is 1.42 bits per heavy atom. The van der Waals surface area contributed by atoms with E-state index in [2.05, 4.69) is 82.7 Å². The van der Waals surface area contributed by atoms with Gasteiger partial charge in [-0.15, -0.1) is 0 Å². The summed E-state index contributed by atoms with van der Waals surface area (Å²) in [6.45, 7) is 16.6. The summed E-state index contributed by atoms with van der Waals surface area (Å²) in [4.78, 5) is 20.5. The lowest BCUT2D eigenvalue weighted by Gasteiger charge is -2.32. The maximum absolute atomic E-state index is 4.74. The zero-order valence-corrected chi connectivity index (χ0v) is 19.9. The second-order valence-electron chi connectivity index (χ2n) is 8.34. The lowest BCUT2D eigenvalue weighted by atomic mass is 10.1. The van der Waals surface area contributed by atoms with Gasteiger partial charge in [-0.05, 0) is 78.3 Å². The third-order valence-electron chi connectivity index (χ3n) is 4.80. The lowest BCUT2D eigenvalue weighted by Crippen LogP contribution is -2.42. The summed E-state index contributed by atoms with van der Waals surface area (Å²) in [6.07, 6.45) is 9.09. The fourth-order valence-electron chi connectivity index (χ4n) is 3.25. The fourth-order valence-corrected chi connectivity index (χ4v) is 3.25. The van der Waals surface area contributed by atoms with E-state index in [9.17, 15) is 0 Å². The second-order valence-corrected chi connectivity index (χ2v) is 8.34. The molecule has 31 heavy (non-hydrogen) atoms. The predicted molar refractivity (Wildman–Crippen MR) is 132 cm³/mol. The predicted octanol–water partition coefficient (Wildman–Crippen LogP) is 5.92. The largest absolute Gasteiger partial charge is 0.287 e. The molecule has 1 aromatic heterocycles. The summed E-state index contributed by atoms with van der Waals surface area (Å²) in [6, 6.07) is 4.14. The molecule has 0 radical (unpaired) electrons. The number of rotatable bonds is 2. The minimum atomic E-state index is 0.638. The maximum atomic E-state index is 4.74. The van der Waals surface area contributed by atoms with Gasteiger partial charge >= 0.3 is 0 Å². The van der Waals surface area contributed by atoms with Crippen LogP contribution < -0.4 is 0 Å². The number of allylic oxidation sites excluding steroid dienone is 6. The zero-order valence-electron chi connectivity index (χ0n) is 19.9. The molecule has 1 aromatic rings. The Morgan fingerprint density at radius 3 is 1.97 bits per heavy atom. The van der Waals surface area contributed by atoms with Crippen molar-refractivity contribution in [3.8, 4) is 0 Å². The van der Waals surface area contributed by atoms with Crippen molar-refractivity contribution >= 4 is 23.6 Å². The van der Waals surface area contributed by atoms with Crippen molar-refractivity contribution in [1.29, 1.82) is 0 Å². The van der Waals surface area contributed by atoms with Crippen LogP contribution in [0.3, 0.4) is 0 Å². The average Bonchev–Trinajstić information content (AvgIpc) is 3.04. The van der Waals surface area contributed by atoms with Crippen LogP contribution in [-0.2, 0) is 0 Å². The monoisotopic (exact) mass is 416 g/mol. The van der Waals surface area contributed by atoms with E-state index in [1.165, 1.54) is 11.1 Å². The summed E-state index contributed by atoms with van der Waals surface area (Å²) in [5.74, 6) is 3.74. The van der Waals surface area contributed by atoms with Gasteiger partial charge in [-0.3, -0.25) is 4.57 Å². The fraction of sp³-hybridized carbons (Fsp3) is 0.360. The number of hydrogen-bond acceptors (Lipinski definition) is 5. The highest BCUT2D eigenvalue weighted by atomic mass is 15.4. The van der Waals surface area contributed by atoms with E-state index in [1.807, 2.05) is 28.5 Å². The van der Waals surface area contributed by atoms with Crippen molar-refractivity contribution in [2.45, 2.75) is 61.8 Å². The number of aryl methyl sites for hydroxylation is 2. The molecule has 0 fully saturated rings. The Balaban J connectivity index is 0.000000293. The molecular formula is C25H32N6. The molecule has 6 nitrogen and oxygen atoms in total. The lowest BCUT2D eigenvalue weighted by molar-refractivity contribution is 0.699. The van der Waals surface area contributed by atoms with Crippen molar-refractivity contribution in [3.63, 3.8) is 0 Å². The molecule has 4 rings (SSSR count). The minimum absolute atomic E-state index is 0.638. The molecule has 3 aliphatic heterocycles. The quantitative estimate of drug-likeness (QED) is 0.552. The SMILES string of the molecule is CC(C)=CC=C(C)C.CCC1=NC2=NC(n3c(C)ccc3C)=NC3=CC(C)=CC(=N1)N32. The molecule has 0 unspecified atom stereocenters. The highest BCUT2D eigenvalue weighted by Crippen LogP contribution is 2.26. The van der Waals surface area contributed by atoms with Gasteiger partial charge in [0.15, 0.2) is 0 Å². The van der Waals surface area contributed by atoms with Crippen LogP contribution in [0.25, 0.3) is 0 Å². The highest BCUT2D eigenvalue weighted by Gasteiger charge is 2.31. The van der Waals surface area contributed by atoms with Gasteiger partial charge in [-0.1, -0.05) is 30.2 Å². The van der Waals surface area contributed by atoms with Gasteiger partial charge in [-0.25, -0.2) is 9.89 Å². The molecule has 0 aliphatic carbocycles. The third kappa shape index (κ3) is 5.08. The molecule has 0 atom stereocenters. The number of aromatic nitrogens is 1. The van der Waals surface area contributed by atoms with Crippen LogP contribution in [-0.4, -0.2) is 33.1 Å². The van der Waals surface area contributed by atoms with Gasteiger partial charge < -0.3 is 0 Å². The molecule has 6 heteroatoms. The smallest absolute Gasteiger partial charge is 0.242 e. The number of guanidine groups is 1. The normalized spacial score (nSPS) is 16.3. The molecule has 0 amide bonds.